The predicted molar refractivity (Wildman–Crippen MR) is 65.1 cm³/mol. The predicted octanol–water partition coefficient (Wildman–Crippen LogP) is 3.58. The fourth-order valence-corrected chi connectivity index (χ4v) is 1.59. The highest BCUT2D eigenvalue weighted by atomic mass is 35.5. The molecule has 0 aliphatic carbocycles. The number of nitrogens with zero attached hydrogens (tertiary/aromatic N) is 2. The molecule has 2 aromatic rings. The standard InChI is InChI=1S/C11H8Cl2N2O2/c1-16-9-10(13)14-6-15-11(9)17-8-5-3-2-4-7(8)12/h2-6H,1H3. The molecule has 0 radical (unpaired) electrons. The minimum atomic E-state index is 0.185. The largest absolute Gasteiger partial charge is 0.489 e. The van der Waals surface area contributed by atoms with Crippen LogP contribution < -0.4 is 9.47 Å². The lowest BCUT2D eigenvalue weighted by Crippen LogP contribution is -1.95. The Labute approximate surface area is 108 Å². The van der Waals surface area contributed by atoms with Crippen molar-refractivity contribution in [2.45, 2.75) is 0 Å². The Morgan fingerprint density at radius 1 is 1.12 bits per heavy atom. The molecule has 0 saturated carbocycles. The van der Waals surface area contributed by atoms with Crippen LogP contribution in [-0.4, -0.2) is 17.1 Å². The van der Waals surface area contributed by atoms with Crippen LogP contribution in [0.1, 0.15) is 0 Å². The zero-order valence-corrected chi connectivity index (χ0v) is 10.4. The van der Waals surface area contributed by atoms with Crippen molar-refractivity contribution in [2.24, 2.45) is 0 Å². The molecule has 6 heteroatoms. The van der Waals surface area contributed by atoms with E-state index in [1.165, 1.54) is 13.4 Å². The van der Waals surface area contributed by atoms with E-state index in [9.17, 15) is 0 Å². The fourth-order valence-electron chi connectivity index (χ4n) is 1.21. The van der Waals surface area contributed by atoms with Crippen LogP contribution >= 0.6 is 23.2 Å². The summed E-state index contributed by atoms with van der Waals surface area (Å²) in [6.45, 7) is 0. The minimum Gasteiger partial charge on any atom is -0.489 e. The van der Waals surface area contributed by atoms with Gasteiger partial charge < -0.3 is 9.47 Å². The summed E-state index contributed by atoms with van der Waals surface area (Å²) >= 11 is 11.8. The van der Waals surface area contributed by atoms with Crippen LogP contribution in [0.5, 0.6) is 17.4 Å². The van der Waals surface area contributed by atoms with Gasteiger partial charge in [-0.15, -0.1) is 0 Å². The SMILES string of the molecule is COc1c(Cl)ncnc1Oc1ccccc1Cl. The van der Waals surface area contributed by atoms with Gasteiger partial charge in [0.1, 0.15) is 12.1 Å². The Kier molecular flexibility index (Phi) is 3.66. The number of benzene rings is 1. The average Bonchev–Trinajstić information content (AvgIpc) is 2.32. The van der Waals surface area contributed by atoms with E-state index in [1.807, 2.05) is 0 Å². The van der Waals surface area contributed by atoms with Crippen LogP contribution in [0.3, 0.4) is 0 Å². The normalized spacial score (nSPS) is 10.1. The maximum absolute atomic E-state index is 5.97. The van der Waals surface area contributed by atoms with Gasteiger partial charge in [0.15, 0.2) is 5.15 Å². The van der Waals surface area contributed by atoms with E-state index >= 15 is 0 Å². The topological polar surface area (TPSA) is 44.2 Å². The molecular formula is C11H8Cl2N2O2. The molecule has 0 unspecified atom stereocenters. The first-order chi connectivity index (χ1) is 8.22. The maximum atomic E-state index is 5.97. The zero-order chi connectivity index (χ0) is 12.3. The van der Waals surface area contributed by atoms with E-state index in [1.54, 1.807) is 24.3 Å². The molecule has 4 nitrogen and oxygen atoms in total. The number of para-hydroxylation sites is 1. The summed E-state index contributed by atoms with van der Waals surface area (Å²) in [7, 11) is 1.46. The second-order valence-corrected chi connectivity index (χ2v) is 3.80. The van der Waals surface area contributed by atoms with Gasteiger partial charge in [0.05, 0.1) is 12.1 Å². The summed E-state index contributed by atoms with van der Waals surface area (Å²) in [5, 5.41) is 0.661. The number of methoxy groups -OCH3 is 1. The zero-order valence-electron chi connectivity index (χ0n) is 8.85. The smallest absolute Gasteiger partial charge is 0.267 e. The van der Waals surface area contributed by atoms with Gasteiger partial charge in [0.2, 0.25) is 5.75 Å². The van der Waals surface area contributed by atoms with E-state index in [-0.39, 0.29) is 16.8 Å². The van der Waals surface area contributed by atoms with Crippen molar-refractivity contribution in [1.29, 1.82) is 0 Å². The third-order valence-electron chi connectivity index (χ3n) is 1.98. The molecule has 0 saturated heterocycles. The van der Waals surface area contributed by atoms with Crippen LogP contribution in [0.25, 0.3) is 0 Å². The van der Waals surface area contributed by atoms with E-state index in [0.29, 0.717) is 10.8 Å². The molecule has 17 heavy (non-hydrogen) atoms. The van der Waals surface area contributed by atoms with Crippen molar-refractivity contribution >= 4 is 23.2 Å². The summed E-state index contributed by atoms with van der Waals surface area (Å²) < 4.78 is 10.6. The van der Waals surface area contributed by atoms with Gasteiger partial charge in [0, 0.05) is 0 Å². The second kappa shape index (κ2) is 5.21. The number of halogens is 2. The van der Waals surface area contributed by atoms with Crippen LogP contribution in [0.2, 0.25) is 10.2 Å². The molecule has 0 N–H and O–H groups in total. The molecule has 0 bridgehead atoms. The number of rotatable bonds is 3. The quantitative estimate of drug-likeness (QED) is 0.800. The van der Waals surface area contributed by atoms with E-state index in [0.717, 1.165) is 0 Å². The average molecular weight is 271 g/mol. The summed E-state index contributed by atoms with van der Waals surface area (Å²) in [5.74, 6) is 0.969. The van der Waals surface area contributed by atoms with Gasteiger partial charge in [-0.25, -0.2) is 4.98 Å². The maximum Gasteiger partial charge on any atom is 0.267 e. The molecular weight excluding hydrogens is 263 g/mol. The molecule has 1 heterocycles. The van der Waals surface area contributed by atoms with Crippen LogP contribution in [0.4, 0.5) is 0 Å². The van der Waals surface area contributed by atoms with Crippen molar-refractivity contribution < 1.29 is 9.47 Å². The molecule has 2 rings (SSSR count). The third kappa shape index (κ3) is 2.60. The number of hydrogen-bond acceptors (Lipinski definition) is 4. The van der Waals surface area contributed by atoms with Crippen molar-refractivity contribution in [1.82, 2.24) is 9.97 Å². The third-order valence-corrected chi connectivity index (χ3v) is 2.56. The van der Waals surface area contributed by atoms with Crippen molar-refractivity contribution in [3.63, 3.8) is 0 Å². The lowest BCUT2D eigenvalue weighted by molar-refractivity contribution is 0.367. The van der Waals surface area contributed by atoms with Crippen molar-refractivity contribution in [2.75, 3.05) is 7.11 Å². The lowest BCUT2D eigenvalue weighted by atomic mass is 10.3. The summed E-state index contributed by atoms with van der Waals surface area (Å²) in [4.78, 5) is 7.74. The van der Waals surface area contributed by atoms with Gasteiger partial charge in [-0.05, 0) is 12.1 Å². The molecule has 1 aromatic heterocycles. The molecule has 0 fully saturated rings. The Morgan fingerprint density at radius 3 is 2.59 bits per heavy atom. The molecule has 0 aliphatic heterocycles. The fraction of sp³-hybridized carbons (Fsp3) is 0.0909. The molecule has 1 aromatic carbocycles. The van der Waals surface area contributed by atoms with E-state index < -0.39 is 0 Å². The Balaban J connectivity index is 2.37. The molecule has 0 atom stereocenters. The highest BCUT2D eigenvalue weighted by Gasteiger charge is 2.13. The Bertz CT molecular complexity index is 535. The molecule has 0 spiro atoms. The number of ether oxygens (including phenoxy) is 2. The van der Waals surface area contributed by atoms with E-state index in [4.69, 9.17) is 32.7 Å². The summed E-state index contributed by atoms with van der Waals surface area (Å²) in [6, 6.07) is 7.04. The molecule has 0 aliphatic rings. The number of aromatic nitrogens is 2. The van der Waals surface area contributed by atoms with Crippen molar-refractivity contribution in [3.8, 4) is 17.4 Å². The Morgan fingerprint density at radius 2 is 1.88 bits per heavy atom. The summed E-state index contributed by atoms with van der Waals surface area (Å²) in [5.41, 5.74) is 0. The van der Waals surface area contributed by atoms with Gasteiger partial charge in [-0.1, -0.05) is 35.3 Å². The van der Waals surface area contributed by atoms with Gasteiger partial charge in [0.25, 0.3) is 5.88 Å². The number of hydrogen-bond donors (Lipinski definition) is 0. The van der Waals surface area contributed by atoms with Crippen LogP contribution in [0, 0.1) is 0 Å². The highest BCUT2D eigenvalue weighted by Crippen LogP contribution is 2.35. The van der Waals surface area contributed by atoms with Crippen LogP contribution in [-0.2, 0) is 0 Å². The van der Waals surface area contributed by atoms with Gasteiger partial charge in [-0.2, -0.15) is 4.98 Å². The first kappa shape index (κ1) is 12.0. The van der Waals surface area contributed by atoms with E-state index in [2.05, 4.69) is 9.97 Å². The monoisotopic (exact) mass is 270 g/mol. The molecule has 88 valence electrons. The minimum absolute atomic E-state index is 0.185. The van der Waals surface area contributed by atoms with Gasteiger partial charge in [-0.3, -0.25) is 0 Å². The first-order valence-electron chi connectivity index (χ1n) is 4.69. The second-order valence-electron chi connectivity index (χ2n) is 3.04. The highest BCUT2D eigenvalue weighted by molar-refractivity contribution is 6.32. The summed E-state index contributed by atoms with van der Waals surface area (Å²) in [6.07, 6.45) is 1.29. The van der Waals surface area contributed by atoms with Gasteiger partial charge >= 0.3 is 0 Å². The first-order valence-corrected chi connectivity index (χ1v) is 5.45. The van der Waals surface area contributed by atoms with Crippen molar-refractivity contribution in [3.05, 3.63) is 40.8 Å². The molecule has 0 amide bonds. The van der Waals surface area contributed by atoms with Crippen LogP contribution in [0.15, 0.2) is 30.6 Å². The Hall–Kier alpha value is -1.52. The lowest BCUT2D eigenvalue weighted by Gasteiger charge is -2.10.